The van der Waals surface area contributed by atoms with Crippen molar-refractivity contribution in [2.45, 2.75) is 48.3 Å². The molecular weight excluding hydrogens is 402 g/mol. The van der Waals surface area contributed by atoms with Crippen LogP contribution < -0.4 is 0 Å². The van der Waals surface area contributed by atoms with Gasteiger partial charge in [-0.05, 0) is 49.4 Å². The van der Waals surface area contributed by atoms with Crippen LogP contribution in [0.25, 0.3) is 6.08 Å². The first-order chi connectivity index (χ1) is 12.0. The third kappa shape index (κ3) is 2.84. The smallest absolute Gasteiger partial charge is 0.267 e. The SMILES string of the molecule is O=C([C@H](Br)[C@@H](O)/C=C/c1ccccc1)N1C(=S)O[C@@H]2C[C@@H]3CC[C@]21C3. The topological polar surface area (TPSA) is 49.8 Å². The van der Waals surface area contributed by atoms with Crippen molar-refractivity contribution in [2.24, 2.45) is 5.92 Å². The van der Waals surface area contributed by atoms with E-state index in [0.29, 0.717) is 5.92 Å². The lowest BCUT2D eigenvalue weighted by Gasteiger charge is -2.34. The van der Waals surface area contributed by atoms with Crippen LogP contribution in [0.15, 0.2) is 36.4 Å². The second kappa shape index (κ2) is 6.49. The van der Waals surface area contributed by atoms with E-state index in [4.69, 9.17) is 17.0 Å². The third-order valence-electron chi connectivity index (χ3n) is 5.69. The Balaban J connectivity index is 1.50. The van der Waals surface area contributed by atoms with E-state index < -0.39 is 10.9 Å². The van der Waals surface area contributed by atoms with Gasteiger partial charge >= 0.3 is 0 Å². The highest BCUT2D eigenvalue weighted by atomic mass is 79.9. The van der Waals surface area contributed by atoms with Crippen LogP contribution in [0.4, 0.5) is 0 Å². The molecule has 3 fully saturated rings. The molecule has 1 aromatic carbocycles. The standard InChI is InChI=1S/C19H20BrNO3S/c20-16(14(22)7-6-12-4-2-1-3-5-12)17(23)21-18(25)24-15-10-13-8-9-19(15,21)11-13/h1-7,13-16,22H,8-11H2/b7-6+/t13-,14-,15+,16+,19-/m0/s1. The fourth-order valence-electron chi connectivity index (χ4n) is 4.49. The number of aliphatic hydroxyl groups is 1. The van der Waals surface area contributed by atoms with Gasteiger partial charge in [0.2, 0.25) is 5.91 Å². The molecule has 1 aromatic rings. The largest absolute Gasteiger partial charge is 0.465 e. The average Bonchev–Trinajstić information content (AvgIpc) is 3.25. The van der Waals surface area contributed by atoms with Gasteiger partial charge in [-0.1, -0.05) is 58.4 Å². The number of benzene rings is 1. The van der Waals surface area contributed by atoms with Crippen LogP contribution >= 0.6 is 28.1 Å². The zero-order valence-electron chi connectivity index (χ0n) is 13.7. The van der Waals surface area contributed by atoms with Gasteiger partial charge in [-0.3, -0.25) is 9.69 Å². The molecule has 132 valence electrons. The molecule has 0 radical (unpaired) electrons. The van der Waals surface area contributed by atoms with Gasteiger partial charge in [-0.15, -0.1) is 0 Å². The van der Waals surface area contributed by atoms with Crippen LogP contribution in [-0.2, 0) is 9.53 Å². The monoisotopic (exact) mass is 421 g/mol. The third-order valence-corrected chi connectivity index (χ3v) is 6.90. The van der Waals surface area contributed by atoms with E-state index >= 15 is 0 Å². The van der Waals surface area contributed by atoms with Crippen molar-refractivity contribution in [3.05, 3.63) is 42.0 Å². The highest BCUT2D eigenvalue weighted by Gasteiger charge is 2.64. The van der Waals surface area contributed by atoms with Crippen molar-refractivity contribution in [3.63, 3.8) is 0 Å². The first-order valence-corrected chi connectivity index (χ1v) is 9.94. The molecule has 2 bridgehead atoms. The lowest BCUT2D eigenvalue weighted by Crippen LogP contribution is -2.54. The Kier molecular flexibility index (Phi) is 4.46. The summed E-state index contributed by atoms with van der Waals surface area (Å²) in [4.78, 5) is 14.0. The van der Waals surface area contributed by atoms with Gasteiger partial charge in [-0.2, -0.15) is 0 Å². The molecule has 0 unspecified atom stereocenters. The van der Waals surface area contributed by atoms with E-state index in [0.717, 1.165) is 31.2 Å². The normalized spacial score (nSPS) is 32.7. The van der Waals surface area contributed by atoms with Gasteiger partial charge in [-0.25, -0.2) is 0 Å². The number of thiocarbonyl (C=S) groups is 1. The summed E-state index contributed by atoms with van der Waals surface area (Å²) in [5.74, 6) is 0.417. The molecule has 2 saturated carbocycles. The molecule has 1 heterocycles. The Labute approximate surface area is 161 Å². The molecule has 1 amide bonds. The van der Waals surface area contributed by atoms with Crippen molar-refractivity contribution in [2.75, 3.05) is 0 Å². The van der Waals surface area contributed by atoms with E-state index in [1.807, 2.05) is 36.4 Å². The maximum absolute atomic E-state index is 13.1. The Hall–Kier alpha value is -1.24. The van der Waals surface area contributed by atoms with Crippen LogP contribution in [0.5, 0.6) is 0 Å². The fraction of sp³-hybridized carbons (Fsp3) is 0.474. The highest BCUT2D eigenvalue weighted by molar-refractivity contribution is 9.10. The first-order valence-electron chi connectivity index (χ1n) is 8.61. The van der Waals surface area contributed by atoms with Crippen molar-refractivity contribution >= 4 is 45.3 Å². The average molecular weight is 422 g/mol. The summed E-state index contributed by atoms with van der Waals surface area (Å²) >= 11 is 8.71. The number of halogens is 1. The van der Waals surface area contributed by atoms with Crippen molar-refractivity contribution in [1.82, 2.24) is 4.90 Å². The summed E-state index contributed by atoms with van der Waals surface area (Å²) in [5, 5.41) is 10.7. The van der Waals surface area contributed by atoms with Crippen LogP contribution in [-0.4, -0.2) is 43.7 Å². The van der Waals surface area contributed by atoms with E-state index in [1.54, 1.807) is 11.0 Å². The highest BCUT2D eigenvalue weighted by Crippen LogP contribution is 2.56. The number of rotatable bonds is 4. The van der Waals surface area contributed by atoms with Gasteiger partial charge in [0.15, 0.2) is 0 Å². The number of aliphatic hydroxyl groups excluding tert-OH is 1. The zero-order valence-corrected chi connectivity index (χ0v) is 16.1. The van der Waals surface area contributed by atoms with Crippen molar-refractivity contribution in [1.29, 1.82) is 0 Å². The maximum atomic E-state index is 13.1. The van der Waals surface area contributed by atoms with Crippen LogP contribution in [0.2, 0.25) is 0 Å². The van der Waals surface area contributed by atoms with Gasteiger partial charge in [0.1, 0.15) is 10.9 Å². The van der Waals surface area contributed by atoms with E-state index in [-0.39, 0.29) is 22.7 Å². The van der Waals surface area contributed by atoms with Gasteiger partial charge in [0, 0.05) is 0 Å². The van der Waals surface area contributed by atoms with Crippen LogP contribution in [0.3, 0.4) is 0 Å². The summed E-state index contributed by atoms with van der Waals surface area (Å²) in [6, 6.07) is 9.68. The molecule has 0 aromatic heterocycles. The molecule has 1 aliphatic heterocycles. The lowest BCUT2D eigenvalue weighted by molar-refractivity contribution is -0.131. The number of ether oxygens (including phenoxy) is 1. The predicted molar refractivity (Wildman–Crippen MR) is 103 cm³/mol. The number of hydrogen-bond acceptors (Lipinski definition) is 4. The van der Waals surface area contributed by atoms with Gasteiger partial charge in [0.05, 0.1) is 11.6 Å². The second-order valence-corrected chi connectivity index (χ2v) is 8.49. The predicted octanol–water partition coefficient (Wildman–Crippen LogP) is 3.28. The minimum atomic E-state index is -0.940. The molecule has 25 heavy (non-hydrogen) atoms. The van der Waals surface area contributed by atoms with Gasteiger partial charge in [0.25, 0.3) is 5.17 Å². The summed E-state index contributed by atoms with van der Waals surface area (Å²) in [5.41, 5.74) is 0.690. The number of alkyl halides is 1. The molecule has 6 heteroatoms. The van der Waals surface area contributed by atoms with Gasteiger partial charge < -0.3 is 9.84 Å². The number of nitrogens with zero attached hydrogens (tertiary/aromatic N) is 1. The summed E-state index contributed by atoms with van der Waals surface area (Å²) in [7, 11) is 0. The van der Waals surface area contributed by atoms with Crippen molar-refractivity contribution in [3.8, 4) is 0 Å². The van der Waals surface area contributed by atoms with Crippen LogP contribution in [0, 0.1) is 5.92 Å². The molecule has 2 aliphatic carbocycles. The quantitative estimate of drug-likeness (QED) is 0.598. The Morgan fingerprint density at radius 3 is 2.92 bits per heavy atom. The second-order valence-electron chi connectivity index (χ2n) is 7.16. The summed E-state index contributed by atoms with van der Waals surface area (Å²) < 4.78 is 5.82. The minimum absolute atomic E-state index is 0.0272. The van der Waals surface area contributed by atoms with Crippen molar-refractivity contribution < 1.29 is 14.6 Å². The first kappa shape index (κ1) is 17.2. The molecule has 3 aliphatic rings. The molecule has 1 spiro atoms. The molecule has 4 nitrogen and oxygen atoms in total. The Morgan fingerprint density at radius 1 is 1.44 bits per heavy atom. The van der Waals surface area contributed by atoms with E-state index in [2.05, 4.69) is 15.9 Å². The number of hydrogen-bond donors (Lipinski definition) is 1. The zero-order chi connectivity index (χ0) is 17.6. The number of carbonyl (C=O) groups excluding carboxylic acids is 1. The molecular formula is C19H20BrNO3S. The number of amides is 1. The lowest BCUT2D eigenvalue weighted by atomic mass is 9.90. The van der Waals surface area contributed by atoms with E-state index in [1.165, 1.54) is 0 Å². The Morgan fingerprint density at radius 2 is 2.20 bits per heavy atom. The summed E-state index contributed by atoms with van der Waals surface area (Å²) in [6.07, 6.45) is 6.52. The maximum Gasteiger partial charge on any atom is 0.267 e. The molecule has 1 N–H and O–H groups in total. The molecule has 5 atom stereocenters. The molecule has 4 rings (SSSR count). The minimum Gasteiger partial charge on any atom is -0.465 e. The van der Waals surface area contributed by atoms with E-state index in [9.17, 15) is 9.90 Å². The van der Waals surface area contributed by atoms with Crippen LogP contribution in [0.1, 0.15) is 31.2 Å². The number of carbonyl (C=O) groups is 1. The fourth-order valence-corrected chi connectivity index (χ4v) is 5.25. The Bertz CT molecular complexity index is 725. The molecule has 1 saturated heterocycles. The number of fused-ring (bicyclic) bond motifs is 1. The summed E-state index contributed by atoms with van der Waals surface area (Å²) in [6.45, 7) is 0.